The lowest BCUT2D eigenvalue weighted by Gasteiger charge is -2.30. The van der Waals surface area contributed by atoms with E-state index in [9.17, 15) is 0 Å². The Balaban J connectivity index is 0. The molecule has 0 heterocycles. The molecule has 0 saturated carbocycles. The molecule has 1 N–H and O–H groups in total. The zero-order valence-electron chi connectivity index (χ0n) is 11.0. The van der Waals surface area contributed by atoms with Crippen molar-refractivity contribution in [3.63, 3.8) is 0 Å². The van der Waals surface area contributed by atoms with Gasteiger partial charge in [-0.1, -0.05) is 25.8 Å². The second-order valence-electron chi connectivity index (χ2n) is 4.40. The number of hydrogen-bond acceptors (Lipinski definition) is 1. The summed E-state index contributed by atoms with van der Waals surface area (Å²) in [5.74, 6) is 0. The molecule has 92 valence electrons. The molecule has 0 fully saturated rings. The summed E-state index contributed by atoms with van der Waals surface area (Å²) in [6.45, 7) is 10.5. The molecule has 0 spiro atoms. The lowest BCUT2D eigenvalue weighted by Crippen LogP contribution is -2.43. The minimum atomic E-state index is 0. The van der Waals surface area contributed by atoms with Gasteiger partial charge in [-0.25, -0.2) is 0 Å². The standard InChI is InChI=1S/C13H28N.H2O/c1-5-8-9-10-11-12-13-14(4,6-2)7-3;/h11-12H,5-10,13H2,1-4H3;1H2/q+1;/p-1. The van der Waals surface area contributed by atoms with Gasteiger partial charge in [0.1, 0.15) is 0 Å². The molecule has 0 aliphatic rings. The SMILES string of the molecule is CCCCCC=CC[N+](C)(CC)CC.[OH-]. The van der Waals surface area contributed by atoms with Crippen molar-refractivity contribution in [2.75, 3.05) is 26.7 Å². The third kappa shape index (κ3) is 8.64. The average molecular weight is 215 g/mol. The van der Waals surface area contributed by atoms with E-state index < -0.39 is 0 Å². The Bertz CT molecular complexity index is 151. The Hall–Kier alpha value is -0.340. The number of rotatable bonds is 8. The number of nitrogens with zero attached hydrogens (tertiary/aromatic N) is 1. The van der Waals surface area contributed by atoms with E-state index in [1.807, 2.05) is 0 Å². The van der Waals surface area contributed by atoms with Gasteiger partial charge < -0.3 is 9.96 Å². The van der Waals surface area contributed by atoms with Crippen LogP contribution >= 0.6 is 0 Å². The van der Waals surface area contributed by atoms with Gasteiger partial charge in [0.2, 0.25) is 0 Å². The van der Waals surface area contributed by atoms with Gasteiger partial charge in [0.25, 0.3) is 0 Å². The first-order valence-electron chi connectivity index (χ1n) is 6.17. The Kier molecular flexibility index (Phi) is 11.6. The number of unbranched alkanes of at least 4 members (excludes halogenated alkanes) is 3. The predicted molar refractivity (Wildman–Crippen MR) is 67.4 cm³/mol. The Morgan fingerprint density at radius 2 is 1.53 bits per heavy atom. The molecule has 0 aromatic carbocycles. The van der Waals surface area contributed by atoms with Crippen LogP contribution in [-0.4, -0.2) is 36.6 Å². The molecule has 0 aliphatic carbocycles. The van der Waals surface area contributed by atoms with Gasteiger partial charge in [0.15, 0.2) is 0 Å². The van der Waals surface area contributed by atoms with Crippen LogP contribution in [0.25, 0.3) is 0 Å². The number of likely N-dealkylation sites (N-methyl/N-ethyl adjacent to an activating group) is 1. The van der Waals surface area contributed by atoms with Gasteiger partial charge in [0, 0.05) is 0 Å². The predicted octanol–water partition coefficient (Wildman–Crippen LogP) is 3.43. The quantitative estimate of drug-likeness (QED) is 0.346. The fourth-order valence-corrected chi connectivity index (χ4v) is 1.44. The van der Waals surface area contributed by atoms with E-state index in [1.54, 1.807) is 0 Å². The van der Waals surface area contributed by atoms with Crippen molar-refractivity contribution in [3.8, 4) is 0 Å². The molecule has 15 heavy (non-hydrogen) atoms. The average Bonchev–Trinajstić information content (AvgIpc) is 2.23. The highest BCUT2D eigenvalue weighted by Gasteiger charge is 2.12. The van der Waals surface area contributed by atoms with Crippen molar-refractivity contribution in [1.29, 1.82) is 0 Å². The molecule has 0 aromatic rings. The van der Waals surface area contributed by atoms with E-state index in [-0.39, 0.29) is 5.48 Å². The lowest BCUT2D eigenvalue weighted by atomic mass is 10.2. The summed E-state index contributed by atoms with van der Waals surface area (Å²) < 4.78 is 1.17. The molecule has 0 unspecified atom stereocenters. The first kappa shape index (κ1) is 17.1. The molecule has 2 heteroatoms. The maximum absolute atomic E-state index is 2.36. The third-order valence-electron chi connectivity index (χ3n) is 3.21. The largest absolute Gasteiger partial charge is 0.870 e. The normalized spacial score (nSPS) is 11.7. The van der Waals surface area contributed by atoms with Crippen molar-refractivity contribution in [2.24, 2.45) is 0 Å². The minimum Gasteiger partial charge on any atom is -0.870 e. The minimum absolute atomic E-state index is 0. The number of hydrogen-bond donors (Lipinski definition) is 0. The van der Waals surface area contributed by atoms with E-state index >= 15 is 0 Å². The van der Waals surface area contributed by atoms with E-state index in [1.165, 1.54) is 49.8 Å². The molecule has 0 saturated heterocycles. The van der Waals surface area contributed by atoms with Crippen LogP contribution in [0.15, 0.2) is 12.2 Å². The molecular weight excluding hydrogens is 186 g/mol. The van der Waals surface area contributed by atoms with Gasteiger partial charge in [0.05, 0.1) is 26.7 Å². The zero-order valence-corrected chi connectivity index (χ0v) is 11.0. The van der Waals surface area contributed by atoms with Crippen LogP contribution in [0, 0.1) is 0 Å². The second kappa shape index (κ2) is 10.2. The van der Waals surface area contributed by atoms with Gasteiger partial charge >= 0.3 is 0 Å². The summed E-state index contributed by atoms with van der Waals surface area (Å²) in [5, 5.41) is 0. The number of allylic oxidation sites excluding steroid dienone is 1. The first-order chi connectivity index (χ1) is 6.68. The topological polar surface area (TPSA) is 30.0 Å². The summed E-state index contributed by atoms with van der Waals surface area (Å²) in [5.41, 5.74) is 0. The van der Waals surface area contributed by atoms with Gasteiger partial charge in [-0.05, 0) is 32.8 Å². The molecule has 0 rings (SSSR count). The van der Waals surface area contributed by atoms with E-state index in [2.05, 4.69) is 40.0 Å². The van der Waals surface area contributed by atoms with Crippen LogP contribution in [0.2, 0.25) is 0 Å². The Morgan fingerprint density at radius 1 is 0.933 bits per heavy atom. The molecule has 2 nitrogen and oxygen atoms in total. The molecular formula is C13H29NO. The van der Waals surface area contributed by atoms with Crippen LogP contribution in [0.4, 0.5) is 0 Å². The summed E-state index contributed by atoms with van der Waals surface area (Å²) in [6.07, 6.45) is 10.0. The fraction of sp³-hybridized carbons (Fsp3) is 0.846. The highest BCUT2D eigenvalue weighted by atomic mass is 16.0. The van der Waals surface area contributed by atoms with E-state index in [0.717, 1.165) is 0 Å². The summed E-state index contributed by atoms with van der Waals surface area (Å²) >= 11 is 0. The number of quaternary nitrogens is 1. The fourth-order valence-electron chi connectivity index (χ4n) is 1.44. The van der Waals surface area contributed by atoms with Crippen molar-refractivity contribution < 1.29 is 9.96 Å². The second-order valence-corrected chi connectivity index (χ2v) is 4.40. The highest BCUT2D eigenvalue weighted by Crippen LogP contribution is 2.03. The maximum Gasteiger partial charge on any atom is 0.0971 e. The van der Waals surface area contributed by atoms with Crippen LogP contribution < -0.4 is 0 Å². The van der Waals surface area contributed by atoms with E-state index in [4.69, 9.17) is 0 Å². The lowest BCUT2D eigenvalue weighted by molar-refractivity contribution is -0.900. The third-order valence-corrected chi connectivity index (χ3v) is 3.21. The van der Waals surface area contributed by atoms with Crippen LogP contribution in [0.1, 0.15) is 46.5 Å². The monoisotopic (exact) mass is 215 g/mol. The summed E-state index contributed by atoms with van der Waals surface area (Å²) in [4.78, 5) is 0. The van der Waals surface area contributed by atoms with Crippen LogP contribution in [-0.2, 0) is 0 Å². The first-order valence-corrected chi connectivity index (χ1v) is 6.17. The summed E-state index contributed by atoms with van der Waals surface area (Å²) in [7, 11) is 2.33. The maximum atomic E-state index is 2.36. The van der Waals surface area contributed by atoms with Crippen LogP contribution in [0.3, 0.4) is 0 Å². The Labute approximate surface area is 95.9 Å². The molecule has 0 aliphatic heterocycles. The van der Waals surface area contributed by atoms with Crippen molar-refractivity contribution in [3.05, 3.63) is 12.2 Å². The smallest absolute Gasteiger partial charge is 0.0971 e. The highest BCUT2D eigenvalue weighted by molar-refractivity contribution is 4.81. The van der Waals surface area contributed by atoms with Crippen LogP contribution in [0.5, 0.6) is 0 Å². The summed E-state index contributed by atoms with van der Waals surface area (Å²) in [6, 6.07) is 0. The molecule has 0 atom stereocenters. The van der Waals surface area contributed by atoms with Gasteiger partial charge in [-0.15, -0.1) is 0 Å². The molecule has 0 amide bonds. The zero-order chi connectivity index (χ0) is 10.9. The molecule has 0 bridgehead atoms. The van der Waals surface area contributed by atoms with Crippen molar-refractivity contribution in [1.82, 2.24) is 0 Å². The van der Waals surface area contributed by atoms with E-state index in [0.29, 0.717) is 0 Å². The van der Waals surface area contributed by atoms with Crippen molar-refractivity contribution >= 4 is 0 Å². The molecule has 0 aromatic heterocycles. The van der Waals surface area contributed by atoms with Gasteiger partial charge in [-0.2, -0.15) is 0 Å². The molecule has 0 radical (unpaired) electrons. The van der Waals surface area contributed by atoms with Crippen molar-refractivity contribution in [2.45, 2.75) is 46.5 Å². The Morgan fingerprint density at radius 3 is 2.00 bits per heavy atom. The van der Waals surface area contributed by atoms with Gasteiger partial charge in [-0.3, -0.25) is 0 Å².